The maximum Gasteiger partial charge on any atom is 0.251 e. The number of hydrogen-bond acceptors (Lipinski definition) is 1. The molecule has 1 aromatic carbocycles. The van der Waals surface area contributed by atoms with Crippen molar-refractivity contribution in [2.75, 3.05) is 12.4 Å². The van der Waals surface area contributed by atoms with Gasteiger partial charge in [0.25, 0.3) is 5.91 Å². The fraction of sp³-hybridized carbons (Fsp3) is 0.364. The second-order valence-electron chi connectivity index (χ2n) is 3.28. The van der Waals surface area contributed by atoms with E-state index in [9.17, 15) is 4.79 Å². The van der Waals surface area contributed by atoms with Crippen LogP contribution in [0.1, 0.15) is 23.2 Å². The average molecular weight is 325 g/mol. The number of amides is 1. The van der Waals surface area contributed by atoms with E-state index >= 15 is 0 Å². The molecule has 1 amide bonds. The molecule has 0 heterocycles. The summed E-state index contributed by atoms with van der Waals surface area (Å²) in [5.74, 6) is 0.537. The Kier molecular flexibility index (Phi) is 6.17. The summed E-state index contributed by atoms with van der Waals surface area (Å²) >= 11 is 14.7. The van der Waals surface area contributed by atoms with Crippen LogP contribution in [0.2, 0.25) is 5.02 Å². The molecule has 0 radical (unpaired) electrons. The van der Waals surface area contributed by atoms with Gasteiger partial charge in [-0.25, -0.2) is 0 Å². The van der Waals surface area contributed by atoms with Crippen LogP contribution in [0.25, 0.3) is 0 Å². The number of rotatable bonds is 5. The van der Waals surface area contributed by atoms with E-state index in [2.05, 4.69) is 21.2 Å². The van der Waals surface area contributed by atoms with Crippen molar-refractivity contribution in [1.29, 1.82) is 0 Å². The van der Waals surface area contributed by atoms with Crippen LogP contribution in [0.5, 0.6) is 0 Å². The van der Waals surface area contributed by atoms with Gasteiger partial charge in [0, 0.05) is 22.5 Å². The zero-order valence-corrected chi connectivity index (χ0v) is 11.7. The van der Waals surface area contributed by atoms with E-state index in [-0.39, 0.29) is 5.91 Å². The number of hydrogen-bond donors (Lipinski definition) is 1. The Hall–Kier alpha value is -0.250. The molecule has 0 aliphatic rings. The SMILES string of the molecule is O=C(NCCCCCl)c1ccc(Cl)c(Br)c1. The molecule has 5 heteroatoms. The van der Waals surface area contributed by atoms with E-state index in [0.29, 0.717) is 23.0 Å². The van der Waals surface area contributed by atoms with Crippen LogP contribution in [-0.2, 0) is 0 Å². The van der Waals surface area contributed by atoms with E-state index in [0.717, 1.165) is 17.3 Å². The summed E-state index contributed by atoms with van der Waals surface area (Å²) in [6.45, 7) is 0.645. The predicted molar refractivity (Wildman–Crippen MR) is 71.4 cm³/mol. The number of carbonyl (C=O) groups excluding carboxylic acids is 1. The van der Waals surface area contributed by atoms with Gasteiger partial charge in [0.15, 0.2) is 0 Å². The van der Waals surface area contributed by atoms with Gasteiger partial charge in [-0.05, 0) is 47.0 Å². The Morgan fingerprint density at radius 3 is 2.75 bits per heavy atom. The van der Waals surface area contributed by atoms with Crippen LogP contribution in [0, 0.1) is 0 Å². The molecule has 0 spiro atoms. The second kappa shape index (κ2) is 7.15. The first-order chi connectivity index (χ1) is 7.65. The summed E-state index contributed by atoms with van der Waals surface area (Å²) in [4.78, 5) is 11.7. The molecular formula is C11H12BrCl2NO. The molecule has 0 saturated heterocycles. The highest BCUT2D eigenvalue weighted by Crippen LogP contribution is 2.23. The third-order valence-corrected chi connectivity index (χ3v) is 3.51. The predicted octanol–water partition coefficient (Wildman–Crippen LogP) is 3.85. The molecule has 0 atom stereocenters. The number of carbonyl (C=O) groups is 1. The lowest BCUT2D eigenvalue weighted by Crippen LogP contribution is -2.24. The monoisotopic (exact) mass is 323 g/mol. The van der Waals surface area contributed by atoms with Crippen molar-refractivity contribution in [3.05, 3.63) is 33.3 Å². The molecule has 1 aromatic rings. The Labute approximate surface area is 113 Å². The topological polar surface area (TPSA) is 29.1 Å². The maximum absolute atomic E-state index is 11.7. The van der Waals surface area contributed by atoms with Crippen LogP contribution >= 0.6 is 39.1 Å². The lowest BCUT2D eigenvalue weighted by molar-refractivity contribution is 0.0953. The van der Waals surface area contributed by atoms with Crippen molar-refractivity contribution < 1.29 is 4.79 Å². The number of benzene rings is 1. The van der Waals surface area contributed by atoms with Gasteiger partial charge in [-0.3, -0.25) is 4.79 Å². The molecule has 0 bridgehead atoms. The fourth-order valence-electron chi connectivity index (χ4n) is 1.16. The Balaban J connectivity index is 2.50. The number of alkyl halides is 1. The van der Waals surface area contributed by atoms with E-state index < -0.39 is 0 Å². The molecule has 0 unspecified atom stereocenters. The van der Waals surface area contributed by atoms with Gasteiger partial charge in [0.1, 0.15) is 0 Å². The molecule has 16 heavy (non-hydrogen) atoms. The minimum Gasteiger partial charge on any atom is -0.352 e. The summed E-state index contributed by atoms with van der Waals surface area (Å²) in [7, 11) is 0. The van der Waals surface area contributed by atoms with Gasteiger partial charge in [-0.1, -0.05) is 11.6 Å². The number of unbranched alkanes of at least 4 members (excludes halogenated alkanes) is 1. The highest BCUT2D eigenvalue weighted by molar-refractivity contribution is 9.10. The molecule has 0 fully saturated rings. The smallest absolute Gasteiger partial charge is 0.251 e. The zero-order valence-electron chi connectivity index (χ0n) is 8.60. The van der Waals surface area contributed by atoms with E-state index in [4.69, 9.17) is 23.2 Å². The van der Waals surface area contributed by atoms with E-state index in [1.807, 2.05) is 0 Å². The minimum absolute atomic E-state index is 0.0908. The van der Waals surface area contributed by atoms with Crippen LogP contribution < -0.4 is 5.32 Å². The first-order valence-electron chi connectivity index (χ1n) is 4.94. The minimum atomic E-state index is -0.0908. The third kappa shape index (κ3) is 4.32. The zero-order chi connectivity index (χ0) is 12.0. The summed E-state index contributed by atoms with van der Waals surface area (Å²) in [5, 5.41) is 3.41. The molecule has 1 N–H and O–H groups in total. The average Bonchev–Trinajstić information content (AvgIpc) is 2.28. The molecule has 2 nitrogen and oxygen atoms in total. The molecule has 0 aliphatic heterocycles. The van der Waals surface area contributed by atoms with Gasteiger partial charge in [0.2, 0.25) is 0 Å². The normalized spacial score (nSPS) is 10.2. The molecule has 0 aliphatic carbocycles. The van der Waals surface area contributed by atoms with Crippen molar-refractivity contribution in [3.8, 4) is 0 Å². The fourth-order valence-corrected chi connectivity index (χ4v) is 1.85. The maximum atomic E-state index is 11.7. The van der Waals surface area contributed by atoms with Crippen molar-refractivity contribution in [3.63, 3.8) is 0 Å². The van der Waals surface area contributed by atoms with Gasteiger partial charge in [0.05, 0.1) is 5.02 Å². The lowest BCUT2D eigenvalue weighted by atomic mass is 10.2. The first-order valence-corrected chi connectivity index (χ1v) is 6.65. The van der Waals surface area contributed by atoms with Crippen LogP contribution in [0.3, 0.4) is 0 Å². The summed E-state index contributed by atoms with van der Waals surface area (Å²) in [6.07, 6.45) is 1.80. The van der Waals surface area contributed by atoms with Gasteiger partial charge >= 0.3 is 0 Å². The molecular weight excluding hydrogens is 313 g/mol. The second-order valence-corrected chi connectivity index (χ2v) is 4.92. The standard InChI is InChI=1S/C11H12BrCl2NO/c12-9-7-8(3-4-10(9)14)11(16)15-6-2-1-5-13/h3-4,7H,1-2,5-6H2,(H,15,16). The first kappa shape index (κ1) is 13.8. The van der Waals surface area contributed by atoms with Gasteiger partial charge in [-0.2, -0.15) is 0 Å². The summed E-state index contributed by atoms with van der Waals surface area (Å²) in [5.41, 5.74) is 0.599. The van der Waals surface area contributed by atoms with Crippen LogP contribution in [0.4, 0.5) is 0 Å². The molecule has 0 aromatic heterocycles. The van der Waals surface area contributed by atoms with Crippen LogP contribution in [-0.4, -0.2) is 18.3 Å². The van der Waals surface area contributed by atoms with Crippen molar-refractivity contribution in [1.82, 2.24) is 5.32 Å². The Bertz CT molecular complexity index is 371. The number of halogens is 3. The van der Waals surface area contributed by atoms with Crippen molar-refractivity contribution in [2.24, 2.45) is 0 Å². The summed E-state index contributed by atoms with van der Waals surface area (Å²) < 4.78 is 0.725. The molecule has 0 saturated carbocycles. The highest BCUT2D eigenvalue weighted by atomic mass is 79.9. The van der Waals surface area contributed by atoms with Crippen molar-refractivity contribution >= 4 is 45.0 Å². The van der Waals surface area contributed by atoms with Crippen LogP contribution in [0.15, 0.2) is 22.7 Å². The molecule has 88 valence electrons. The lowest BCUT2D eigenvalue weighted by Gasteiger charge is -2.05. The third-order valence-electron chi connectivity index (χ3n) is 2.03. The largest absolute Gasteiger partial charge is 0.352 e. The van der Waals surface area contributed by atoms with E-state index in [1.165, 1.54) is 0 Å². The highest BCUT2D eigenvalue weighted by Gasteiger charge is 2.06. The summed E-state index contributed by atoms with van der Waals surface area (Å²) in [6, 6.07) is 5.10. The number of nitrogens with one attached hydrogen (secondary N) is 1. The van der Waals surface area contributed by atoms with Crippen molar-refractivity contribution in [2.45, 2.75) is 12.8 Å². The van der Waals surface area contributed by atoms with Gasteiger partial charge < -0.3 is 5.32 Å². The Morgan fingerprint density at radius 1 is 1.38 bits per heavy atom. The Morgan fingerprint density at radius 2 is 2.12 bits per heavy atom. The molecule has 1 rings (SSSR count). The quantitative estimate of drug-likeness (QED) is 0.647. The van der Waals surface area contributed by atoms with Gasteiger partial charge in [-0.15, -0.1) is 11.6 Å². The van der Waals surface area contributed by atoms with E-state index in [1.54, 1.807) is 18.2 Å².